The summed E-state index contributed by atoms with van der Waals surface area (Å²) in [5.41, 5.74) is 0. The van der Waals surface area contributed by atoms with E-state index in [0.717, 1.165) is 47.6 Å². The predicted molar refractivity (Wildman–Crippen MR) is 77.3 cm³/mol. The second-order valence-corrected chi connectivity index (χ2v) is 6.43. The summed E-state index contributed by atoms with van der Waals surface area (Å²) in [5.74, 6) is 2.22. The third kappa shape index (κ3) is 3.70. The maximum absolute atomic E-state index is 12.2. The third-order valence-corrected chi connectivity index (χ3v) is 5.09. The Balaban J connectivity index is 1.89. The largest absolute Gasteiger partial charge is 0.335 e. The van der Waals surface area contributed by atoms with Crippen LogP contribution in [0.4, 0.5) is 0 Å². The molecule has 1 saturated heterocycles. The average Bonchev–Trinajstić information content (AvgIpc) is 2.88. The molecular formula is C12H19N3OS2. The van der Waals surface area contributed by atoms with Gasteiger partial charge in [-0.2, -0.15) is 11.8 Å². The number of hydrogen-bond donors (Lipinski definition) is 1. The molecule has 6 heteroatoms. The number of thioether (sulfide) groups is 1. The van der Waals surface area contributed by atoms with Crippen molar-refractivity contribution in [2.75, 3.05) is 31.9 Å². The van der Waals surface area contributed by atoms with Gasteiger partial charge in [0.2, 0.25) is 0 Å². The van der Waals surface area contributed by atoms with Crippen molar-refractivity contribution in [3.63, 3.8) is 0 Å². The van der Waals surface area contributed by atoms with E-state index in [9.17, 15) is 4.79 Å². The van der Waals surface area contributed by atoms with Gasteiger partial charge in [0, 0.05) is 31.9 Å². The van der Waals surface area contributed by atoms with Crippen LogP contribution in [0.5, 0.6) is 0 Å². The van der Waals surface area contributed by atoms with Crippen LogP contribution >= 0.6 is 23.1 Å². The second-order valence-electron chi connectivity index (χ2n) is 4.21. The van der Waals surface area contributed by atoms with Crippen LogP contribution in [0.15, 0.2) is 6.20 Å². The Morgan fingerprint density at radius 1 is 1.56 bits per heavy atom. The highest BCUT2D eigenvalue weighted by atomic mass is 32.2. The molecule has 1 fully saturated rings. The molecule has 1 aromatic heterocycles. The molecule has 0 radical (unpaired) electrons. The molecule has 18 heavy (non-hydrogen) atoms. The van der Waals surface area contributed by atoms with Crippen LogP contribution in [-0.2, 0) is 5.75 Å². The lowest BCUT2D eigenvalue weighted by molar-refractivity contribution is 0.0740. The molecule has 1 aliphatic rings. The van der Waals surface area contributed by atoms with Gasteiger partial charge >= 0.3 is 0 Å². The van der Waals surface area contributed by atoms with E-state index < -0.39 is 0 Å². The Morgan fingerprint density at radius 3 is 3.06 bits per heavy atom. The maximum Gasteiger partial charge on any atom is 0.265 e. The smallest absolute Gasteiger partial charge is 0.265 e. The van der Waals surface area contributed by atoms with Crippen molar-refractivity contribution >= 4 is 29.0 Å². The fraction of sp³-hybridized carbons (Fsp3) is 0.667. The molecule has 0 spiro atoms. The summed E-state index contributed by atoms with van der Waals surface area (Å²) in [7, 11) is 0. The van der Waals surface area contributed by atoms with Crippen LogP contribution in [0.2, 0.25) is 0 Å². The molecule has 0 unspecified atom stereocenters. The number of amides is 1. The Morgan fingerprint density at radius 2 is 2.33 bits per heavy atom. The Hall–Kier alpha value is -0.590. The van der Waals surface area contributed by atoms with Crippen molar-refractivity contribution in [1.82, 2.24) is 15.2 Å². The lowest BCUT2D eigenvalue weighted by atomic mass is 10.3. The van der Waals surface area contributed by atoms with E-state index in [4.69, 9.17) is 0 Å². The second kappa shape index (κ2) is 7.11. The van der Waals surface area contributed by atoms with Crippen LogP contribution in [0.25, 0.3) is 0 Å². The zero-order chi connectivity index (χ0) is 12.8. The minimum absolute atomic E-state index is 0.140. The van der Waals surface area contributed by atoms with Crippen LogP contribution < -0.4 is 5.32 Å². The molecule has 2 heterocycles. The molecule has 1 amide bonds. The lowest BCUT2D eigenvalue weighted by Crippen LogP contribution is -2.46. The Bertz CT molecular complexity index is 388. The van der Waals surface area contributed by atoms with Gasteiger partial charge in [-0.1, -0.05) is 6.92 Å². The predicted octanol–water partition coefficient (Wildman–Crippen LogP) is 1.83. The van der Waals surface area contributed by atoms with E-state index in [1.54, 1.807) is 17.5 Å². The zero-order valence-corrected chi connectivity index (χ0v) is 12.3. The fourth-order valence-electron chi connectivity index (χ4n) is 1.80. The van der Waals surface area contributed by atoms with Gasteiger partial charge in [0.05, 0.1) is 6.20 Å². The highest BCUT2D eigenvalue weighted by Crippen LogP contribution is 2.20. The summed E-state index contributed by atoms with van der Waals surface area (Å²) in [6, 6.07) is 0. The highest BCUT2D eigenvalue weighted by Gasteiger charge is 2.19. The molecule has 0 saturated carbocycles. The summed E-state index contributed by atoms with van der Waals surface area (Å²) in [6.07, 6.45) is 2.92. The Labute approximate surface area is 116 Å². The van der Waals surface area contributed by atoms with Gasteiger partial charge in [0.1, 0.15) is 9.88 Å². The van der Waals surface area contributed by atoms with Crippen molar-refractivity contribution in [2.24, 2.45) is 0 Å². The molecule has 0 bridgehead atoms. The molecule has 1 aliphatic heterocycles. The lowest BCUT2D eigenvalue weighted by Gasteiger charge is -2.26. The van der Waals surface area contributed by atoms with Gasteiger partial charge in [-0.3, -0.25) is 4.79 Å². The summed E-state index contributed by atoms with van der Waals surface area (Å²) in [5, 5.41) is 4.31. The highest BCUT2D eigenvalue weighted by molar-refractivity contribution is 7.98. The van der Waals surface area contributed by atoms with Gasteiger partial charge in [-0.05, 0) is 12.2 Å². The first-order valence-corrected chi connectivity index (χ1v) is 8.31. The van der Waals surface area contributed by atoms with Gasteiger partial charge in [-0.25, -0.2) is 4.98 Å². The number of rotatable bonds is 5. The summed E-state index contributed by atoms with van der Waals surface area (Å²) < 4.78 is 0. The molecule has 0 aliphatic carbocycles. The van der Waals surface area contributed by atoms with Crippen molar-refractivity contribution < 1.29 is 4.79 Å². The summed E-state index contributed by atoms with van der Waals surface area (Å²) in [6.45, 7) is 5.56. The number of hydrogen-bond acceptors (Lipinski definition) is 5. The van der Waals surface area contributed by atoms with Crippen LogP contribution in [0.1, 0.15) is 28.0 Å². The first-order valence-electron chi connectivity index (χ1n) is 6.33. The molecule has 1 aromatic rings. The van der Waals surface area contributed by atoms with Crippen LogP contribution in [-0.4, -0.2) is 47.7 Å². The minimum Gasteiger partial charge on any atom is -0.335 e. The number of aromatic nitrogens is 1. The maximum atomic E-state index is 12.2. The average molecular weight is 285 g/mol. The topological polar surface area (TPSA) is 45.2 Å². The molecular weight excluding hydrogens is 266 g/mol. The van der Waals surface area contributed by atoms with Crippen LogP contribution in [0, 0.1) is 0 Å². The quantitative estimate of drug-likeness (QED) is 0.838. The van der Waals surface area contributed by atoms with E-state index in [1.165, 1.54) is 6.42 Å². The van der Waals surface area contributed by atoms with Crippen molar-refractivity contribution in [3.05, 3.63) is 16.1 Å². The van der Waals surface area contributed by atoms with E-state index in [0.29, 0.717) is 0 Å². The van der Waals surface area contributed by atoms with E-state index >= 15 is 0 Å². The SMILES string of the molecule is CCCSCc1ncc(C(=O)N2CCNCC2)s1. The Kier molecular flexibility index (Phi) is 5.46. The first-order chi connectivity index (χ1) is 8.81. The van der Waals surface area contributed by atoms with E-state index in [2.05, 4.69) is 17.2 Å². The third-order valence-electron chi connectivity index (χ3n) is 2.74. The minimum atomic E-state index is 0.140. The molecule has 2 rings (SSSR count). The normalized spacial score (nSPS) is 15.9. The molecule has 0 atom stereocenters. The standard InChI is InChI=1S/C12H19N3OS2/c1-2-7-17-9-11-14-8-10(18-11)12(16)15-5-3-13-4-6-15/h8,13H,2-7,9H2,1H3. The zero-order valence-electron chi connectivity index (χ0n) is 10.6. The number of nitrogens with zero attached hydrogens (tertiary/aromatic N) is 2. The van der Waals surface area contributed by atoms with E-state index in [1.807, 2.05) is 16.7 Å². The van der Waals surface area contributed by atoms with Gasteiger partial charge in [-0.15, -0.1) is 11.3 Å². The monoisotopic (exact) mass is 285 g/mol. The molecule has 0 aromatic carbocycles. The van der Waals surface area contributed by atoms with Crippen molar-refractivity contribution in [2.45, 2.75) is 19.1 Å². The van der Waals surface area contributed by atoms with Crippen molar-refractivity contribution in [1.29, 1.82) is 0 Å². The molecule has 100 valence electrons. The molecule has 1 N–H and O–H groups in total. The number of carbonyl (C=O) groups excluding carboxylic acids is 1. The number of piperazine rings is 1. The number of thiazole rings is 1. The fourth-order valence-corrected chi connectivity index (χ4v) is 3.65. The van der Waals surface area contributed by atoms with Gasteiger partial charge < -0.3 is 10.2 Å². The molecule has 4 nitrogen and oxygen atoms in total. The van der Waals surface area contributed by atoms with Gasteiger partial charge in [0.15, 0.2) is 0 Å². The summed E-state index contributed by atoms with van der Waals surface area (Å²) in [4.78, 5) is 19.2. The summed E-state index contributed by atoms with van der Waals surface area (Å²) >= 11 is 3.42. The van der Waals surface area contributed by atoms with Crippen molar-refractivity contribution in [3.8, 4) is 0 Å². The first kappa shape index (κ1) is 13.8. The van der Waals surface area contributed by atoms with Crippen LogP contribution in [0.3, 0.4) is 0 Å². The van der Waals surface area contributed by atoms with Gasteiger partial charge in [0.25, 0.3) is 5.91 Å². The number of carbonyl (C=O) groups is 1. The number of nitrogens with one attached hydrogen (secondary N) is 1. The van der Waals surface area contributed by atoms with E-state index in [-0.39, 0.29) is 5.91 Å².